The molecular formula is C20H23N3O3. The highest BCUT2D eigenvalue weighted by Crippen LogP contribution is 2.31. The molecule has 4 rings (SSSR count). The van der Waals surface area contributed by atoms with Crippen molar-refractivity contribution >= 4 is 16.8 Å². The average molecular weight is 353 g/mol. The van der Waals surface area contributed by atoms with Crippen LogP contribution in [-0.4, -0.2) is 49.5 Å². The van der Waals surface area contributed by atoms with Crippen LogP contribution in [0.15, 0.2) is 47.1 Å². The Labute approximate surface area is 152 Å². The number of aliphatic hydroxyl groups excluding tert-OH is 1. The van der Waals surface area contributed by atoms with E-state index in [2.05, 4.69) is 16.3 Å². The third-order valence-corrected chi connectivity index (χ3v) is 4.56. The number of pyridine rings is 1. The van der Waals surface area contributed by atoms with E-state index in [0.717, 1.165) is 60.0 Å². The van der Waals surface area contributed by atoms with Crippen molar-refractivity contribution in [2.45, 2.75) is 6.42 Å². The first-order chi connectivity index (χ1) is 12.8. The predicted octanol–water partition coefficient (Wildman–Crippen LogP) is 2.67. The summed E-state index contributed by atoms with van der Waals surface area (Å²) in [5.41, 5.74) is 2.81. The lowest BCUT2D eigenvalue weighted by molar-refractivity contribution is 0.233. The molecule has 136 valence electrons. The number of ether oxygens (including phenoxy) is 1. The molecule has 3 aromatic rings. The lowest BCUT2D eigenvalue weighted by Gasteiger charge is -2.28. The highest BCUT2D eigenvalue weighted by atomic mass is 16.5. The number of anilines is 1. The molecule has 0 saturated carbocycles. The lowest BCUT2D eigenvalue weighted by Crippen LogP contribution is -2.44. The summed E-state index contributed by atoms with van der Waals surface area (Å²) in [6.07, 6.45) is 2.36. The fourth-order valence-electron chi connectivity index (χ4n) is 3.17. The fraction of sp³-hybridized carbons (Fsp3) is 0.350. The Morgan fingerprint density at radius 3 is 2.73 bits per heavy atom. The number of rotatable bonds is 6. The molecule has 6 heteroatoms. The van der Waals surface area contributed by atoms with Gasteiger partial charge in [-0.15, -0.1) is 0 Å². The molecule has 2 N–H and O–H groups in total. The van der Waals surface area contributed by atoms with Crippen LogP contribution in [0.2, 0.25) is 0 Å². The van der Waals surface area contributed by atoms with Crippen LogP contribution < -0.4 is 15.0 Å². The molecule has 26 heavy (non-hydrogen) atoms. The molecule has 1 fully saturated rings. The maximum Gasteiger partial charge on any atom is 0.176 e. The second kappa shape index (κ2) is 7.76. The Bertz CT molecular complexity index is 854. The van der Waals surface area contributed by atoms with Gasteiger partial charge in [0.25, 0.3) is 0 Å². The number of nitrogens with one attached hydrogen (secondary N) is 1. The quantitative estimate of drug-likeness (QED) is 0.664. The van der Waals surface area contributed by atoms with Crippen LogP contribution >= 0.6 is 0 Å². The molecule has 2 aromatic heterocycles. The first-order valence-corrected chi connectivity index (χ1v) is 9.03. The van der Waals surface area contributed by atoms with Crippen LogP contribution in [-0.2, 0) is 0 Å². The van der Waals surface area contributed by atoms with E-state index in [1.54, 1.807) is 6.26 Å². The van der Waals surface area contributed by atoms with Crippen LogP contribution in [0, 0.1) is 0 Å². The smallest absolute Gasteiger partial charge is 0.176 e. The number of aliphatic hydroxyl groups is 1. The van der Waals surface area contributed by atoms with E-state index in [-0.39, 0.29) is 6.61 Å². The predicted molar refractivity (Wildman–Crippen MR) is 102 cm³/mol. The summed E-state index contributed by atoms with van der Waals surface area (Å²) >= 11 is 0. The highest BCUT2D eigenvalue weighted by molar-refractivity contribution is 5.90. The van der Waals surface area contributed by atoms with Gasteiger partial charge in [0.1, 0.15) is 5.75 Å². The number of aromatic nitrogens is 1. The minimum Gasteiger partial charge on any atom is -0.494 e. The van der Waals surface area contributed by atoms with Gasteiger partial charge in [-0.05, 0) is 36.4 Å². The largest absolute Gasteiger partial charge is 0.494 e. The Morgan fingerprint density at radius 2 is 1.96 bits per heavy atom. The molecule has 0 spiro atoms. The number of furan rings is 1. The summed E-state index contributed by atoms with van der Waals surface area (Å²) in [5.74, 6) is 1.71. The number of hydrogen-bond acceptors (Lipinski definition) is 6. The summed E-state index contributed by atoms with van der Waals surface area (Å²) in [6.45, 7) is 4.40. The topological polar surface area (TPSA) is 70.8 Å². The van der Waals surface area contributed by atoms with E-state index in [9.17, 15) is 0 Å². The van der Waals surface area contributed by atoms with E-state index in [0.29, 0.717) is 13.0 Å². The van der Waals surface area contributed by atoms with E-state index < -0.39 is 0 Å². The zero-order valence-corrected chi connectivity index (χ0v) is 14.6. The minimum absolute atomic E-state index is 0.140. The molecule has 3 heterocycles. The van der Waals surface area contributed by atoms with Gasteiger partial charge in [-0.1, -0.05) is 0 Å². The second-order valence-electron chi connectivity index (χ2n) is 6.36. The van der Waals surface area contributed by atoms with Gasteiger partial charge in [-0.25, -0.2) is 4.98 Å². The van der Waals surface area contributed by atoms with Crippen LogP contribution in [0.5, 0.6) is 5.75 Å². The van der Waals surface area contributed by atoms with Crippen LogP contribution in [0.3, 0.4) is 0 Å². The minimum atomic E-state index is 0.140. The number of benzene rings is 1. The number of fused-ring (bicyclic) bond motifs is 1. The Morgan fingerprint density at radius 1 is 1.15 bits per heavy atom. The molecule has 0 aliphatic carbocycles. The number of hydrogen-bond donors (Lipinski definition) is 2. The van der Waals surface area contributed by atoms with Gasteiger partial charge in [-0.3, -0.25) is 0 Å². The standard InChI is InChI=1S/C20H23N3O3/c24-11-1-12-25-17-4-2-15(3-5-17)18-14-16-6-13-26-19(16)20(22-18)23-9-7-21-8-10-23/h2-6,13-14,21,24H,1,7-12H2. The molecule has 0 radical (unpaired) electrons. The lowest BCUT2D eigenvalue weighted by atomic mass is 10.1. The van der Waals surface area contributed by atoms with Gasteiger partial charge in [0.2, 0.25) is 0 Å². The first-order valence-electron chi connectivity index (χ1n) is 9.03. The van der Waals surface area contributed by atoms with Gasteiger partial charge in [-0.2, -0.15) is 0 Å². The van der Waals surface area contributed by atoms with E-state index in [1.165, 1.54) is 0 Å². The fourth-order valence-corrected chi connectivity index (χ4v) is 3.17. The number of piperazine rings is 1. The molecule has 0 atom stereocenters. The summed E-state index contributed by atoms with van der Waals surface area (Å²) in [7, 11) is 0. The van der Waals surface area contributed by atoms with Crippen molar-refractivity contribution < 1.29 is 14.3 Å². The van der Waals surface area contributed by atoms with Crippen molar-refractivity contribution in [1.82, 2.24) is 10.3 Å². The maximum absolute atomic E-state index is 8.84. The Kier molecular flexibility index (Phi) is 5.04. The van der Waals surface area contributed by atoms with Crippen molar-refractivity contribution in [3.63, 3.8) is 0 Å². The van der Waals surface area contributed by atoms with Crippen molar-refractivity contribution in [1.29, 1.82) is 0 Å². The third-order valence-electron chi connectivity index (χ3n) is 4.56. The number of nitrogens with zero attached hydrogens (tertiary/aromatic N) is 2. The molecule has 6 nitrogen and oxygen atoms in total. The molecule has 0 amide bonds. The highest BCUT2D eigenvalue weighted by Gasteiger charge is 2.18. The van der Waals surface area contributed by atoms with Crippen molar-refractivity contribution in [2.24, 2.45) is 0 Å². The van der Waals surface area contributed by atoms with Crippen molar-refractivity contribution in [3.8, 4) is 17.0 Å². The molecule has 1 aliphatic heterocycles. The summed E-state index contributed by atoms with van der Waals surface area (Å²) < 4.78 is 11.3. The molecule has 1 saturated heterocycles. The monoisotopic (exact) mass is 353 g/mol. The second-order valence-corrected chi connectivity index (χ2v) is 6.36. The van der Waals surface area contributed by atoms with Crippen LogP contribution in [0.25, 0.3) is 22.2 Å². The Hall–Kier alpha value is -2.57. The van der Waals surface area contributed by atoms with Gasteiger partial charge in [0.05, 0.1) is 18.6 Å². The first kappa shape index (κ1) is 16.9. The molecule has 1 aromatic carbocycles. The molecular weight excluding hydrogens is 330 g/mol. The SMILES string of the molecule is OCCCOc1ccc(-c2cc3ccoc3c(N3CCNCC3)n2)cc1. The summed E-state index contributed by atoms with van der Waals surface area (Å²) in [5, 5.41) is 13.3. The molecule has 1 aliphatic rings. The summed E-state index contributed by atoms with van der Waals surface area (Å²) in [4.78, 5) is 7.18. The van der Waals surface area contributed by atoms with Crippen LogP contribution in [0.4, 0.5) is 5.82 Å². The molecule has 0 unspecified atom stereocenters. The van der Waals surface area contributed by atoms with Crippen LogP contribution in [0.1, 0.15) is 6.42 Å². The molecule has 0 bridgehead atoms. The summed E-state index contributed by atoms with van der Waals surface area (Å²) in [6, 6.07) is 12.0. The van der Waals surface area contributed by atoms with Gasteiger partial charge < -0.3 is 24.5 Å². The average Bonchev–Trinajstić information content (AvgIpc) is 3.17. The van der Waals surface area contributed by atoms with Crippen molar-refractivity contribution in [3.05, 3.63) is 42.7 Å². The Balaban J connectivity index is 1.63. The zero-order valence-electron chi connectivity index (χ0n) is 14.6. The maximum atomic E-state index is 8.84. The van der Waals surface area contributed by atoms with E-state index >= 15 is 0 Å². The van der Waals surface area contributed by atoms with E-state index in [1.807, 2.05) is 30.3 Å². The third kappa shape index (κ3) is 3.52. The normalized spacial score (nSPS) is 14.7. The zero-order chi connectivity index (χ0) is 17.8. The van der Waals surface area contributed by atoms with Gasteiger partial charge >= 0.3 is 0 Å². The van der Waals surface area contributed by atoms with E-state index in [4.69, 9.17) is 19.2 Å². The van der Waals surface area contributed by atoms with Gasteiger partial charge in [0, 0.05) is 50.2 Å². The van der Waals surface area contributed by atoms with Crippen molar-refractivity contribution in [2.75, 3.05) is 44.3 Å². The van der Waals surface area contributed by atoms with Gasteiger partial charge in [0.15, 0.2) is 11.4 Å².